The molecule has 1 aliphatic rings. The van der Waals surface area contributed by atoms with Crippen LogP contribution in [-0.2, 0) is 12.7 Å². The number of aromatic amines is 1. The Kier molecular flexibility index (Phi) is 7.09. The SMILES string of the molecule is Cc1[nH]nc2ncc(C#Cc3ccnc(NC(=O)c4ccc(CN5CCNCC5)c(C(F)(F)F)c4)c3)cc12. The predicted molar refractivity (Wildman–Crippen MR) is 136 cm³/mol. The van der Waals surface area contributed by atoms with Gasteiger partial charge in [0.2, 0.25) is 0 Å². The maximum atomic E-state index is 13.8. The van der Waals surface area contributed by atoms with Crippen molar-refractivity contribution in [3.8, 4) is 11.8 Å². The third-order valence-corrected chi connectivity index (χ3v) is 6.23. The van der Waals surface area contributed by atoms with E-state index in [1.165, 1.54) is 18.3 Å². The zero-order valence-electron chi connectivity index (χ0n) is 20.5. The Morgan fingerprint density at radius 3 is 2.66 bits per heavy atom. The first-order valence-electron chi connectivity index (χ1n) is 12.0. The number of nitrogens with zero attached hydrogens (tertiary/aromatic N) is 4. The number of carbonyl (C=O) groups is 1. The second-order valence-corrected chi connectivity index (χ2v) is 8.97. The van der Waals surface area contributed by atoms with Crippen LogP contribution in [0.15, 0.2) is 48.8 Å². The lowest BCUT2D eigenvalue weighted by atomic mass is 10.0. The molecule has 1 aromatic carbocycles. The highest BCUT2D eigenvalue weighted by molar-refractivity contribution is 6.04. The monoisotopic (exact) mass is 519 g/mol. The smallest absolute Gasteiger partial charge is 0.314 e. The summed E-state index contributed by atoms with van der Waals surface area (Å²) in [7, 11) is 0. The van der Waals surface area contributed by atoms with E-state index >= 15 is 0 Å². The maximum absolute atomic E-state index is 13.8. The molecule has 0 unspecified atom stereocenters. The third-order valence-electron chi connectivity index (χ3n) is 6.23. The van der Waals surface area contributed by atoms with Gasteiger partial charge in [-0.1, -0.05) is 17.9 Å². The van der Waals surface area contributed by atoms with E-state index in [0.717, 1.165) is 30.2 Å². The molecule has 194 valence electrons. The number of rotatable bonds is 4. The van der Waals surface area contributed by atoms with Gasteiger partial charge in [-0.2, -0.15) is 18.3 Å². The summed E-state index contributed by atoms with van der Waals surface area (Å²) in [5, 5.41) is 13.6. The number of piperazine rings is 1. The number of carbonyl (C=O) groups excluding carboxylic acids is 1. The van der Waals surface area contributed by atoms with Crippen molar-refractivity contribution in [1.29, 1.82) is 0 Å². The van der Waals surface area contributed by atoms with Crippen LogP contribution in [0.2, 0.25) is 0 Å². The number of amides is 1. The number of pyridine rings is 2. The maximum Gasteiger partial charge on any atom is 0.416 e. The molecule has 0 atom stereocenters. The fourth-order valence-corrected chi connectivity index (χ4v) is 4.23. The zero-order valence-corrected chi connectivity index (χ0v) is 20.5. The Labute approximate surface area is 216 Å². The number of hydrogen-bond donors (Lipinski definition) is 3. The topological polar surface area (TPSA) is 98.8 Å². The van der Waals surface area contributed by atoms with Crippen LogP contribution < -0.4 is 10.6 Å². The summed E-state index contributed by atoms with van der Waals surface area (Å²) < 4.78 is 41.5. The van der Waals surface area contributed by atoms with Crippen LogP contribution in [0.3, 0.4) is 0 Å². The quantitative estimate of drug-likeness (QED) is 0.356. The van der Waals surface area contributed by atoms with Gasteiger partial charge in [0, 0.05) is 72.9 Å². The lowest BCUT2D eigenvalue weighted by Crippen LogP contribution is -2.43. The van der Waals surface area contributed by atoms with Crippen LogP contribution in [0, 0.1) is 18.8 Å². The Morgan fingerprint density at radius 2 is 1.87 bits per heavy atom. The normalized spacial score (nSPS) is 14.2. The highest BCUT2D eigenvalue weighted by atomic mass is 19.4. The van der Waals surface area contributed by atoms with Gasteiger partial charge in [0.25, 0.3) is 5.91 Å². The first-order valence-corrected chi connectivity index (χ1v) is 12.0. The highest BCUT2D eigenvalue weighted by Crippen LogP contribution is 2.33. The van der Waals surface area contributed by atoms with Crippen molar-refractivity contribution in [2.24, 2.45) is 0 Å². The second-order valence-electron chi connectivity index (χ2n) is 8.97. The molecule has 0 saturated carbocycles. The van der Waals surface area contributed by atoms with Gasteiger partial charge >= 0.3 is 6.18 Å². The number of hydrogen-bond acceptors (Lipinski definition) is 6. The Morgan fingerprint density at radius 1 is 1.08 bits per heavy atom. The van der Waals surface area contributed by atoms with Crippen LogP contribution in [0.25, 0.3) is 11.0 Å². The standard InChI is InChI=1S/C27H24F3N7O/c1-17-22-12-19(15-33-25(22)36-35-17)3-2-18-6-7-32-24(13-18)34-26(38)20-4-5-21(23(14-20)27(28,29)30)16-37-10-8-31-9-11-37/h4-7,12-15,31H,8-11,16H2,1H3,(H,32,34,38)(H,33,35,36). The van der Waals surface area contributed by atoms with Gasteiger partial charge in [0.05, 0.1) is 5.56 Å². The van der Waals surface area contributed by atoms with Gasteiger partial charge in [-0.3, -0.25) is 14.8 Å². The van der Waals surface area contributed by atoms with Crippen molar-refractivity contribution in [1.82, 2.24) is 30.4 Å². The van der Waals surface area contributed by atoms with Gasteiger partial charge < -0.3 is 10.6 Å². The second kappa shape index (κ2) is 10.6. The van der Waals surface area contributed by atoms with E-state index in [2.05, 4.69) is 42.6 Å². The van der Waals surface area contributed by atoms with E-state index in [0.29, 0.717) is 29.9 Å². The van der Waals surface area contributed by atoms with Crippen LogP contribution in [0.4, 0.5) is 19.0 Å². The average Bonchev–Trinajstić information content (AvgIpc) is 3.28. The summed E-state index contributed by atoms with van der Waals surface area (Å²) in [5.74, 6) is 5.51. The molecular weight excluding hydrogens is 495 g/mol. The first-order chi connectivity index (χ1) is 18.3. The minimum atomic E-state index is -4.58. The van der Waals surface area contributed by atoms with Crippen molar-refractivity contribution >= 4 is 22.8 Å². The van der Waals surface area contributed by atoms with Crippen molar-refractivity contribution < 1.29 is 18.0 Å². The third kappa shape index (κ3) is 5.82. The van der Waals surface area contributed by atoms with Crippen LogP contribution >= 0.6 is 0 Å². The fourth-order valence-electron chi connectivity index (χ4n) is 4.23. The number of aromatic nitrogens is 4. The molecule has 0 aliphatic carbocycles. The predicted octanol–water partition coefficient (Wildman–Crippen LogP) is 3.74. The number of alkyl halides is 3. The van der Waals surface area contributed by atoms with Crippen molar-refractivity contribution in [3.05, 3.63) is 82.3 Å². The number of aryl methyl sites for hydroxylation is 1. The number of anilines is 1. The Hall–Kier alpha value is -4.27. The minimum absolute atomic E-state index is 0.102. The summed E-state index contributed by atoms with van der Waals surface area (Å²) in [6.07, 6.45) is -1.50. The summed E-state index contributed by atoms with van der Waals surface area (Å²) in [5.41, 5.74) is 1.98. The number of H-pyrrole nitrogens is 1. The molecule has 5 rings (SSSR count). The number of benzene rings is 1. The zero-order chi connectivity index (χ0) is 26.7. The summed E-state index contributed by atoms with van der Waals surface area (Å²) >= 11 is 0. The molecule has 1 aliphatic heterocycles. The Bertz CT molecular complexity index is 1550. The van der Waals surface area contributed by atoms with E-state index in [9.17, 15) is 18.0 Å². The first kappa shape index (κ1) is 25.4. The molecule has 8 nitrogen and oxygen atoms in total. The number of nitrogens with one attached hydrogen (secondary N) is 3. The van der Waals surface area contributed by atoms with Gasteiger partial charge in [-0.15, -0.1) is 0 Å². The molecule has 0 spiro atoms. The molecule has 1 saturated heterocycles. The molecule has 3 N–H and O–H groups in total. The van der Waals surface area contributed by atoms with Crippen molar-refractivity contribution in [2.45, 2.75) is 19.6 Å². The van der Waals surface area contributed by atoms with E-state index in [-0.39, 0.29) is 23.5 Å². The molecule has 0 radical (unpaired) electrons. The van der Waals surface area contributed by atoms with Crippen molar-refractivity contribution in [2.75, 3.05) is 31.5 Å². The van der Waals surface area contributed by atoms with Crippen LogP contribution in [-0.4, -0.2) is 57.2 Å². The molecule has 4 heterocycles. The molecule has 4 aromatic rings. The lowest BCUT2D eigenvalue weighted by molar-refractivity contribution is -0.138. The minimum Gasteiger partial charge on any atom is -0.314 e. The van der Waals surface area contributed by atoms with Crippen LogP contribution in [0.1, 0.15) is 38.3 Å². The fraction of sp³-hybridized carbons (Fsp3) is 0.259. The molecule has 1 fully saturated rings. The lowest BCUT2D eigenvalue weighted by Gasteiger charge is -2.28. The summed E-state index contributed by atoms with van der Waals surface area (Å²) in [4.78, 5) is 23.2. The summed E-state index contributed by atoms with van der Waals surface area (Å²) in [6, 6.07) is 8.79. The van der Waals surface area contributed by atoms with E-state index in [1.54, 1.807) is 18.3 Å². The van der Waals surface area contributed by atoms with Gasteiger partial charge in [-0.25, -0.2) is 9.97 Å². The summed E-state index contributed by atoms with van der Waals surface area (Å²) in [6.45, 7) is 4.85. The molecule has 11 heteroatoms. The Balaban J connectivity index is 1.32. The molecule has 38 heavy (non-hydrogen) atoms. The molecule has 1 amide bonds. The van der Waals surface area contributed by atoms with Crippen molar-refractivity contribution in [3.63, 3.8) is 0 Å². The number of halogens is 3. The number of fused-ring (bicyclic) bond motifs is 1. The van der Waals surface area contributed by atoms with E-state index in [1.807, 2.05) is 17.9 Å². The van der Waals surface area contributed by atoms with Gasteiger partial charge in [-0.05, 0) is 42.8 Å². The van der Waals surface area contributed by atoms with Crippen LogP contribution in [0.5, 0.6) is 0 Å². The van der Waals surface area contributed by atoms with Gasteiger partial charge in [0.15, 0.2) is 5.65 Å². The highest BCUT2D eigenvalue weighted by Gasteiger charge is 2.34. The van der Waals surface area contributed by atoms with E-state index in [4.69, 9.17) is 0 Å². The largest absolute Gasteiger partial charge is 0.416 e. The van der Waals surface area contributed by atoms with E-state index < -0.39 is 17.6 Å². The molecular formula is C27H24F3N7O. The average molecular weight is 520 g/mol. The molecule has 3 aromatic heterocycles. The van der Waals surface area contributed by atoms with Gasteiger partial charge in [0.1, 0.15) is 5.82 Å². The molecule has 0 bridgehead atoms.